The van der Waals surface area contributed by atoms with Crippen molar-refractivity contribution in [1.29, 1.82) is 0 Å². The molecule has 2 aromatic rings. The molecule has 0 radical (unpaired) electrons. The summed E-state index contributed by atoms with van der Waals surface area (Å²) in [4.78, 5) is 0. The molecule has 0 fully saturated rings. The van der Waals surface area contributed by atoms with Crippen LogP contribution in [0.1, 0.15) is 5.56 Å². The van der Waals surface area contributed by atoms with Crippen LogP contribution in [0.4, 0.5) is 5.69 Å². The van der Waals surface area contributed by atoms with Gasteiger partial charge in [-0.2, -0.15) is 0 Å². The van der Waals surface area contributed by atoms with Gasteiger partial charge in [-0.3, -0.25) is 4.72 Å². The molecule has 0 unspecified atom stereocenters. The van der Waals surface area contributed by atoms with Gasteiger partial charge in [-0.1, -0.05) is 23.2 Å². The molecule has 0 aliphatic rings. The highest BCUT2D eigenvalue weighted by atomic mass is 79.9. The van der Waals surface area contributed by atoms with Crippen LogP contribution in [0.25, 0.3) is 0 Å². The second kappa shape index (κ2) is 5.61. The number of thiophene rings is 1. The maximum Gasteiger partial charge on any atom is 0.271 e. The highest BCUT2D eigenvalue weighted by Gasteiger charge is 2.19. The number of hydrogen-bond donors (Lipinski definition) is 1. The molecule has 1 N–H and O–H groups in total. The average Bonchev–Trinajstić information content (AvgIpc) is 2.64. The zero-order chi connectivity index (χ0) is 14.2. The average molecular weight is 401 g/mol. The lowest BCUT2D eigenvalue weighted by atomic mass is 10.3. The van der Waals surface area contributed by atoms with Crippen LogP contribution in [0.2, 0.25) is 9.36 Å². The van der Waals surface area contributed by atoms with E-state index in [9.17, 15) is 8.42 Å². The van der Waals surface area contributed by atoms with Gasteiger partial charge in [-0.05, 0) is 52.7 Å². The number of nitrogens with one attached hydrogen (secondary N) is 1. The molecule has 1 heterocycles. The zero-order valence-electron chi connectivity index (χ0n) is 9.58. The number of sulfonamides is 1. The van der Waals surface area contributed by atoms with Gasteiger partial charge in [0.25, 0.3) is 10.0 Å². The molecule has 19 heavy (non-hydrogen) atoms. The Morgan fingerprint density at radius 3 is 2.47 bits per heavy atom. The summed E-state index contributed by atoms with van der Waals surface area (Å²) in [5, 5.41) is 0.518. The van der Waals surface area contributed by atoms with Crippen molar-refractivity contribution < 1.29 is 8.42 Å². The van der Waals surface area contributed by atoms with E-state index >= 15 is 0 Å². The molecule has 1 aromatic heterocycles. The smallest absolute Gasteiger partial charge is 0.271 e. The van der Waals surface area contributed by atoms with Gasteiger partial charge in [0.05, 0.1) is 10.0 Å². The van der Waals surface area contributed by atoms with Crippen molar-refractivity contribution in [1.82, 2.24) is 0 Å². The van der Waals surface area contributed by atoms with Crippen LogP contribution in [-0.2, 0) is 10.0 Å². The van der Waals surface area contributed by atoms with E-state index in [1.807, 2.05) is 0 Å². The van der Waals surface area contributed by atoms with E-state index in [0.29, 0.717) is 19.5 Å². The van der Waals surface area contributed by atoms with Gasteiger partial charge in [0.1, 0.15) is 4.21 Å². The normalized spacial score (nSPS) is 11.6. The summed E-state index contributed by atoms with van der Waals surface area (Å²) in [6, 6.07) is 6.36. The molecule has 0 aliphatic carbocycles. The summed E-state index contributed by atoms with van der Waals surface area (Å²) >= 11 is 16.0. The van der Waals surface area contributed by atoms with E-state index in [-0.39, 0.29) is 4.21 Å². The van der Waals surface area contributed by atoms with Crippen LogP contribution in [0.3, 0.4) is 0 Å². The van der Waals surface area contributed by atoms with Crippen molar-refractivity contribution in [2.24, 2.45) is 0 Å². The lowest BCUT2D eigenvalue weighted by Crippen LogP contribution is -2.11. The molecule has 0 spiro atoms. The minimum Gasteiger partial charge on any atom is -0.278 e. The van der Waals surface area contributed by atoms with Gasteiger partial charge in [0, 0.05) is 9.50 Å². The minimum absolute atomic E-state index is 0.178. The molecule has 8 heteroatoms. The standard InChI is InChI=1S/C11H8BrCl2NO2S2/c1-6-4-10(18-11(6)14)19(16,17)15-9-3-2-7(13)5-8(9)12/h2-5,15H,1H3. The maximum atomic E-state index is 12.2. The third kappa shape index (κ3) is 3.44. The first kappa shape index (κ1) is 15.1. The highest BCUT2D eigenvalue weighted by Crippen LogP contribution is 2.33. The molecule has 0 saturated heterocycles. The molecule has 1 aromatic carbocycles. The first-order valence-electron chi connectivity index (χ1n) is 5.03. The van der Waals surface area contributed by atoms with Crippen molar-refractivity contribution in [2.45, 2.75) is 11.1 Å². The molecular formula is C11H8BrCl2NO2S2. The molecule has 0 aliphatic heterocycles. The lowest BCUT2D eigenvalue weighted by molar-refractivity contribution is 0.603. The molecule has 0 saturated carbocycles. The van der Waals surface area contributed by atoms with E-state index in [1.165, 1.54) is 0 Å². The number of aryl methyl sites for hydroxylation is 1. The van der Waals surface area contributed by atoms with Crippen molar-refractivity contribution in [3.05, 3.63) is 43.7 Å². The van der Waals surface area contributed by atoms with Crippen LogP contribution >= 0.6 is 50.5 Å². The van der Waals surface area contributed by atoms with E-state index in [1.54, 1.807) is 31.2 Å². The predicted molar refractivity (Wildman–Crippen MR) is 84.0 cm³/mol. The molecule has 0 bridgehead atoms. The summed E-state index contributed by atoms with van der Waals surface area (Å²) in [7, 11) is -3.64. The molecule has 2 rings (SSSR count). The molecule has 0 amide bonds. The second-order valence-electron chi connectivity index (χ2n) is 3.75. The zero-order valence-corrected chi connectivity index (χ0v) is 14.3. The third-order valence-corrected chi connectivity index (χ3v) is 6.56. The van der Waals surface area contributed by atoms with Gasteiger partial charge >= 0.3 is 0 Å². The summed E-state index contributed by atoms with van der Waals surface area (Å²) in [6.07, 6.45) is 0. The van der Waals surface area contributed by atoms with E-state index < -0.39 is 10.0 Å². The third-order valence-electron chi connectivity index (χ3n) is 2.27. The number of halogens is 3. The monoisotopic (exact) mass is 399 g/mol. The van der Waals surface area contributed by atoms with Gasteiger partial charge in [0.15, 0.2) is 0 Å². The summed E-state index contributed by atoms with van der Waals surface area (Å²) in [6.45, 7) is 1.76. The predicted octanol–water partition coefficient (Wildman–Crippen LogP) is 4.93. The molecule has 102 valence electrons. The second-order valence-corrected chi connectivity index (χ2v) is 8.61. The van der Waals surface area contributed by atoms with Gasteiger partial charge in [-0.15, -0.1) is 11.3 Å². The van der Waals surface area contributed by atoms with E-state index in [4.69, 9.17) is 23.2 Å². The molecule has 3 nitrogen and oxygen atoms in total. The van der Waals surface area contributed by atoms with E-state index in [2.05, 4.69) is 20.7 Å². The highest BCUT2D eigenvalue weighted by molar-refractivity contribution is 9.10. The number of benzene rings is 1. The van der Waals surface area contributed by atoms with Crippen LogP contribution in [0.15, 0.2) is 32.9 Å². The Balaban J connectivity index is 2.36. The summed E-state index contributed by atoms with van der Waals surface area (Å²) < 4.78 is 28.1. The first-order valence-corrected chi connectivity index (χ1v) is 8.88. The van der Waals surface area contributed by atoms with Crippen LogP contribution in [-0.4, -0.2) is 8.42 Å². The van der Waals surface area contributed by atoms with Gasteiger partial charge in [-0.25, -0.2) is 8.42 Å². The Morgan fingerprint density at radius 1 is 1.26 bits per heavy atom. The Hall–Kier alpha value is -0.270. The summed E-state index contributed by atoms with van der Waals surface area (Å²) in [5.41, 5.74) is 1.16. The number of rotatable bonds is 3. The Kier molecular flexibility index (Phi) is 4.47. The van der Waals surface area contributed by atoms with Crippen molar-refractivity contribution in [2.75, 3.05) is 4.72 Å². The van der Waals surface area contributed by atoms with Crippen molar-refractivity contribution >= 4 is 66.2 Å². The van der Waals surface area contributed by atoms with E-state index in [0.717, 1.165) is 16.9 Å². The largest absolute Gasteiger partial charge is 0.278 e. The maximum absolute atomic E-state index is 12.2. The van der Waals surface area contributed by atoms with Gasteiger partial charge < -0.3 is 0 Å². The number of hydrogen-bond acceptors (Lipinski definition) is 3. The van der Waals surface area contributed by atoms with Crippen LogP contribution < -0.4 is 4.72 Å². The first-order chi connectivity index (χ1) is 8.79. The molecule has 0 atom stereocenters. The van der Waals surface area contributed by atoms with Gasteiger partial charge in [0.2, 0.25) is 0 Å². The Labute approximate surface area is 133 Å². The molecular weight excluding hydrogens is 393 g/mol. The van der Waals surface area contributed by atoms with Crippen molar-refractivity contribution in [3.63, 3.8) is 0 Å². The van der Waals surface area contributed by atoms with Crippen LogP contribution in [0.5, 0.6) is 0 Å². The number of anilines is 1. The lowest BCUT2D eigenvalue weighted by Gasteiger charge is -2.08. The van der Waals surface area contributed by atoms with Crippen LogP contribution in [0, 0.1) is 6.92 Å². The summed E-state index contributed by atoms with van der Waals surface area (Å²) in [5.74, 6) is 0. The SMILES string of the molecule is Cc1cc(S(=O)(=O)Nc2ccc(Cl)cc2Br)sc1Cl. The Morgan fingerprint density at radius 2 is 1.95 bits per heavy atom. The topological polar surface area (TPSA) is 46.2 Å². The fourth-order valence-electron chi connectivity index (χ4n) is 1.33. The fourth-order valence-corrected chi connectivity index (χ4v) is 5.03. The quantitative estimate of drug-likeness (QED) is 0.793. The fraction of sp³-hybridized carbons (Fsp3) is 0.0909. The Bertz CT molecular complexity index is 709. The van der Waals surface area contributed by atoms with Crippen molar-refractivity contribution in [3.8, 4) is 0 Å². The minimum atomic E-state index is -3.64.